The third kappa shape index (κ3) is 7.01. The number of carbonyl (C=O) groups is 1. The summed E-state index contributed by atoms with van der Waals surface area (Å²) in [5.74, 6) is 0.851. The number of nitrogens with one attached hydrogen (secondary N) is 1. The van der Waals surface area contributed by atoms with Gasteiger partial charge in [0.05, 0.1) is 6.10 Å². The van der Waals surface area contributed by atoms with Gasteiger partial charge in [-0.05, 0) is 76.1 Å². The first-order valence-corrected chi connectivity index (χ1v) is 10.3. The van der Waals surface area contributed by atoms with E-state index in [9.17, 15) is 4.79 Å². The molecule has 1 amide bonds. The van der Waals surface area contributed by atoms with Crippen LogP contribution in [0.25, 0.3) is 0 Å². The minimum Gasteiger partial charge on any atom is -0.491 e. The van der Waals surface area contributed by atoms with Gasteiger partial charge in [-0.1, -0.05) is 31.2 Å². The standard InChI is InChI=1S/C24H34N2O2/c1-6-26(18(2)3)17-21-7-11-22(12-8-21)24(27)25-16-15-20-9-13-23(14-10-20)28-19(4)5/h7-14,18-19H,6,15-17H2,1-5H3,(H,25,27). The second-order valence-electron chi connectivity index (χ2n) is 7.67. The van der Waals surface area contributed by atoms with Gasteiger partial charge < -0.3 is 10.1 Å². The first-order chi connectivity index (χ1) is 13.4. The Morgan fingerprint density at radius 1 is 0.964 bits per heavy atom. The largest absolute Gasteiger partial charge is 0.491 e. The molecule has 2 aromatic rings. The summed E-state index contributed by atoms with van der Waals surface area (Å²) in [6, 6.07) is 16.5. The van der Waals surface area contributed by atoms with E-state index in [0.29, 0.717) is 18.2 Å². The SMILES string of the molecule is CCN(Cc1ccc(C(=O)NCCc2ccc(OC(C)C)cc2)cc1)C(C)C. The van der Waals surface area contributed by atoms with E-state index in [2.05, 4.69) is 31.0 Å². The third-order valence-electron chi connectivity index (χ3n) is 4.73. The van der Waals surface area contributed by atoms with Gasteiger partial charge in [0.2, 0.25) is 0 Å². The summed E-state index contributed by atoms with van der Waals surface area (Å²) in [4.78, 5) is 14.8. The molecule has 0 aliphatic rings. The molecule has 28 heavy (non-hydrogen) atoms. The molecule has 0 saturated heterocycles. The van der Waals surface area contributed by atoms with E-state index >= 15 is 0 Å². The lowest BCUT2D eigenvalue weighted by Gasteiger charge is -2.24. The fourth-order valence-corrected chi connectivity index (χ4v) is 3.08. The molecule has 0 saturated carbocycles. The molecule has 0 unspecified atom stereocenters. The Bertz CT molecular complexity index is 721. The average Bonchev–Trinajstić information content (AvgIpc) is 2.67. The van der Waals surface area contributed by atoms with E-state index in [0.717, 1.165) is 25.3 Å². The van der Waals surface area contributed by atoms with Crippen LogP contribution in [0.1, 0.15) is 56.1 Å². The van der Waals surface area contributed by atoms with Crippen LogP contribution in [0.2, 0.25) is 0 Å². The van der Waals surface area contributed by atoms with Crippen LogP contribution < -0.4 is 10.1 Å². The first-order valence-electron chi connectivity index (χ1n) is 10.3. The summed E-state index contributed by atoms with van der Waals surface area (Å²) in [6.45, 7) is 13.2. The highest BCUT2D eigenvalue weighted by molar-refractivity contribution is 5.94. The zero-order valence-electron chi connectivity index (χ0n) is 17.9. The summed E-state index contributed by atoms with van der Waals surface area (Å²) >= 11 is 0. The second-order valence-corrected chi connectivity index (χ2v) is 7.67. The van der Waals surface area contributed by atoms with E-state index in [1.807, 2.05) is 62.4 Å². The van der Waals surface area contributed by atoms with E-state index in [1.165, 1.54) is 11.1 Å². The Morgan fingerprint density at radius 2 is 1.57 bits per heavy atom. The maximum Gasteiger partial charge on any atom is 0.251 e. The van der Waals surface area contributed by atoms with Crippen LogP contribution in [0, 0.1) is 0 Å². The molecular formula is C24H34N2O2. The molecule has 0 aliphatic heterocycles. The minimum absolute atomic E-state index is 0.0254. The fourth-order valence-electron chi connectivity index (χ4n) is 3.08. The van der Waals surface area contributed by atoms with Crippen LogP contribution in [-0.4, -0.2) is 36.0 Å². The third-order valence-corrected chi connectivity index (χ3v) is 4.73. The normalized spacial score (nSPS) is 11.3. The molecule has 152 valence electrons. The van der Waals surface area contributed by atoms with Crippen molar-refractivity contribution in [3.63, 3.8) is 0 Å². The Labute approximate surface area is 169 Å². The van der Waals surface area contributed by atoms with Crippen molar-refractivity contribution in [2.45, 2.75) is 59.7 Å². The lowest BCUT2D eigenvalue weighted by molar-refractivity contribution is 0.0954. The van der Waals surface area contributed by atoms with Crippen molar-refractivity contribution in [3.05, 3.63) is 65.2 Å². The molecule has 0 spiro atoms. The van der Waals surface area contributed by atoms with Crippen molar-refractivity contribution in [3.8, 4) is 5.75 Å². The smallest absolute Gasteiger partial charge is 0.251 e. The molecule has 2 rings (SSSR count). The Balaban J connectivity index is 1.81. The van der Waals surface area contributed by atoms with Crippen molar-refractivity contribution in [1.29, 1.82) is 0 Å². The summed E-state index contributed by atoms with van der Waals surface area (Å²) in [7, 11) is 0. The van der Waals surface area contributed by atoms with Crippen LogP contribution in [0.4, 0.5) is 0 Å². The van der Waals surface area contributed by atoms with Crippen molar-refractivity contribution >= 4 is 5.91 Å². The highest BCUT2D eigenvalue weighted by atomic mass is 16.5. The fraction of sp³-hybridized carbons (Fsp3) is 0.458. The van der Waals surface area contributed by atoms with Gasteiger partial charge in [0, 0.05) is 24.7 Å². The monoisotopic (exact) mass is 382 g/mol. The quantitative estimate of drug-likeness (QED) is 0.649. The van der Waals surface area contributed by atoms with Crippen LogP contribution in [0.5, 0.6) is 5.75 Å². The molecular weight excluding hydrogens is 348 g/mol. The number of hydrogen-bond acceptors (Lipinski definition) is 3. The zero-order chi connectivity index (χ0) is 20.5. The Kier molecular flexibility index (Phi) is 8.52. The predicted molar refractivity (Wildman–Crippen MR) is 116 cm³/mol. The van der Waals surface area contributed by atoms with Gasteiger partial charge in [-0.3, -0.25) is 9.69 Å². The van der Waals surface area contributed by atoms with E-state index in [1.54, 1.807) is 0 Å². The Morgan fingerprint density at radius 3 is 2.11 bits per heavy atom. The molecule has 1 N–H and O–H groups in total. The van der Waals surface area contributed by atoms with Gasteiger partial charge in [-0.2, -0.15) is 0 Å². The van der Waals surface area contributed by atoms with Crippen molar-refractivity contribution < 1.29 is 9.53 Å². The Hall–Kier alpha value is -2.33. The number of carbonyl (C=O) groups excluding carboxylic acids is 1. The number of hydrogen-bond donors (Lipinski definition) is 1. The second kappa shape index (κ2) is 10.9. The van der Waals surface area contributed by atoms with Gasteiger partial charge in [0.25, 0.3) is 5.91 Å². The van der Waals surface area contributed by atoms with Crippen LogP contribution in [0.15, 0.2) is 48.5 Å². The minimum atomic E-state index is -0.0254. The lowest BCUT2D eigenvalue weighted by atomic mass is 10.1. The number of rotatable bonds is 10. The van der Waals surface area contributed by atoms with Gasteiger partial charge in [-0.15, -0.1) is 0 Å². The molecule has 4 heteroatoms. The average molecular weight is 383 g/mol. The summed E-state index contributed by atoms with van der Waals surface area (Å²) in [5, 5.41) is 3.00. The van der Waals surface area contributed by atoms with Crippen molar-refractivity contribution in [2.75, 3.05) is 13.1 Å². The molecule has 0 radical (unpaired) electrons. The highest BCUT2D eigenvalue weighted by Crippen LogP contribution is 2.14. The number of benzene rings is 2. The molecule has 0 aliphatic carbocycles. The zero-order valence-corrected chi connectivity index (χ0v) is 17.9. The molecule has 4 nitrogen and oxygen atoms in total. The van der Waals surface area contributed by atoms with Gasteiger partial charge in [0.15, 0.2) is 0 Å². The van der Waals surface area contributed by atoms with Crippen molar-refractivity contribution in [1.82, 2.24) is 10.2 Å². The van der Waals surface area contributed by atoms with E-state index < -0.39 is 0 Å². The molecule has 0 heterocycles. The lowest BCUT2D eigenvalue weighted by Crippen LogP contribution is -2.30. The van der Waals surface area contributed by atoms with E-state index in [4.69, 9.17) is 4.74 Å². The highest BCUT2D eigenvalue weighted by Gasteiger charge is 2.09. The molecule has 2 aromatic carbocycles. The summed E-state index contributed by atoms with van der Waals surface area (Å²) < 4.78 is 5.65. The number of nitrogens with zero attached hydrogens (tertiary/aromatic N) is 1. The predicted octanol–water partition coefficient (Wildman–Crippen LogP) is 4.68. The van der Waals surface area contributed by atoms with Crippen LogP contribution in [0.3, 0.4) is 0 Å². The van der Waals surface area contributed by atoms with Crippen molar-refractivity contribution in [2.24, 2.45) is 0 Å². The molecule has 0 aromatic heterocycles. The summed E-state index contributed by atoms with van der Waals surface area (Å²) in [5.41, 5.74) is 3.12. The van der Waals surface area contributed by atoms with Crippen LogP contribution >= 0.6 is 0 Å². The first kappa shape index (κ1) is 22.0. The van der Waals surface area contributed by atoms with Gasteiger partial charge >= 0.3 is 0 Å². The number of amides is 1. The topological polar surface area (TPSA) is 41.6 Å². The summed E-state index contributed by atoms with van der Waals surface area (Å²) in [6.07, 6.45) is 0.970. The maximum absolute atomic E-state index is 12.4. The molecule has 0 fully saturated rings. The maximum atomic E-state index is 12.4. The molecule has 0 atom stereocenters. The number of ether oxygens (including phenoxy) is 1. The molecule has 0 bridgehead atoms. The van der Waals surface area contributed by atoms with Crippen LogP contribution in [-0.2, 0) is 13.0 Å². The van der Waals surface area contributed by atoms with Gasteiger partial charge in [-0.25, -0.2) is 0 Å². The van der Waals surface area contributed by atoms with E-state index in [-0.39, 0.29) is 12.0 Å². The van der Waals surface area contributed by atoms with Gasteiger partial charge in [0.1, 0.15) is 5.75 Å².